The Morgan fingerprint density at radius 3 is 2.39 bits per heavy atom. The Kier molecular flexibility index (Phi) is 6.60. The van der Waals surface area contributed by atoms with Gasteiger partial charge in [0.05, 0.1) is 7.11 Å². The van der Waals surface area contributed by atoms with Crippen LogP contribution < -0.4 is 5.32 Å². The summed E-state index contributed by atoms with van der Waals surface area (Å²) in [6.45, 7) is 9.45. The first kappa shape index (κ1) is 15.4. The van der Waals surface area contributed by atoms with Crippen molar-refractivity contribution in [1.82, 2.24) is 15.1 Å². The summed E-state index contributed by atoms with van der Waals surface area (Å²) >= 11 is 0. The minimum Gasteiger partial charge on any atom is -0.468 e. The van der Waals surface area contributed by atoms with Crippen LogP contribution >= 0.6 is 0 Å². The number of likely N-dealkylation sites (N-methyl/N-ethyl adjacent to an activating group) is 1. The van der Waals surface area contributed by atoms with E-state index in [0.717, 1.165) is 39.1 Å². The van der Waals surface area contributed by atoms with Crippen molar-refractivity contribution in [2.24, 2.45) is 0 Å². The van der Waals surface area contributed by atoms with Crippen molar-refractivity contribution in [3.8, 4) is 0 Å². The van der Waals surface area contributed by atoms with E-state index >= 15 is 0 Å². The van der Waals surface area contributed by atoms with Gasteiger partial charge in [0.2, 0.25) is 0 Å². The largest absolute Gasteiger partial charge is 0.468 e. The number of hydrogen-bond acceptors (Lipinski definition) is 5. The Balaban J connectivity index is 2.34. The summed E-state index contributed by atoms with van der Waals surface area (Å²) < 4.78 is 4.84. The van der Waals surface area contributed by atoms with Crippen LogP contribution in [-0.4, -0.2) is 74.7 Å². The highest BCUT2D eigenvalue weighted by Gasteiger charge is 2.21. The maximum Gasteiger partial charge on any atom is 0.322 e. The quantitative estimate of drug-likeness (QED) is 0.687. The summed E-state index contributed by atoms with van der Waals surface area (Å²) in [4.78, 5) is 16.4. The smallest absolute Gasteiger partial charge is 0.322 e. The van der Waals surface area contributed by atoms with Gasteiger partial charge in [-0.3, -0.25) is 4.79 Å². The monoisotopic (exact) mass is 257 g/mol. The number of nitrogens with one attached hydrogen (secondary N) is 1. The number of methoxy groups -OCH3 is 1. The third kappa shape index (κ3) is 5.33. The van der Waals surface area contributed by atoms with Crippen molar-refractivity contribution < 1.29 is 9.53 Å². The molecule has 1 unspecified atom stereocenters. The third-order valence-electron chi connectivity index (χ3n) is 3.35. The Hall–Kier alpha value is -0.650. The van der Waals surface area contributed by atoms with Gasteiger partial charge >= 0.3 is 5.97 Å². The molecule has 0 bridgehead atoms. The highest BCUT2D eigenvalue weighted by molar-refractivity contribution is 5.75. The Labute approximate surface area is 110 Å². The molecule has 0 amide bonds. The van der Waals surface area contributed by atoms with Gasteiger partial charge in [-0.15, -0.1) is 0 Å². The minimum absolute atomic E-state index is 0.155. The predicted molar refractivity (Wildman–Crippen MR) is 72.6 cm³/mol. The lowest BCUT2D eigenvalue weighted by Crippen LogP contribution is -2.48. The Morgan fingerprint density at radius 1 is 1.28 bits per heavy atom. The van der Waals surface area contributed by atoms with Gasteiger partial charge < -0.3 is 19.9 Å². The van der Waals surface area contributed by atoms with Crippen LogP contribution in [0.15, 0.2) is 0 Å². The van der Waals surface area contributed by atoms with Crippen LogP contribution in [0.3, 0.4) is 0 Å². The Bertz CT molecular complexity index is 251. The van der Waals surface area contributed by atoms with Crippen molar-refractivity contribution in [3.63, 3.8) is 0 Å². The van der Waals surface area contributed by atoms with Gasteiger partial charge in [-0.2, -0.15) is 0 Å². The first-order valence-electron chi connectivity index (χ1n) is 6.77. The summed E-state index contributed by atoms with van der Waals surface area (Å²) in [6, 6.07) is 0.108. The summed E-state index contributed by atoms with van der Waals surface area (Å²) in [5.74, 6) is -0.155. The molecule has 1 saturated heterocycles. The van der Waals surface area contributed by atoms with Crippen molar-refractivity contribution in [1.29, 1.82) is 0 Å². The van der Waals surface area contributed by atoms with Crippen LogP contribution in [0.1, 0.15) is 20.3 Å². The molecule has 0 aromatic rings. The van der Waals surface area contributed by atoms with Crippen molar-refractivity contribution in [2.45, 2.75) is 32.4 Å². The van der Waals surface area contributed by atoms with E-state index in [1.165, 1.54) is 7.11 Å². The molecule has 0 saturated carbocycles. The average molecular weight is 257 g/mol. The number of carbonyl (C=O) groups is 1. The van der Waals surface area contributed by atoms with E-state index in [9.17, 15) is 4.79 Å². The first-order chi connectivity index (χ1) is 8.52. The van der Waals surface area contributed by atoms with E-state index in [1.807, 2.05) is 13.8 Å². The summed E-state index contributed by atoms with van der Waals surface area (Å²) in [5, 5.41) is 3.27. The molecule has 18 heavy (non-hydrogen) atoms. The lowest BCUT2D eigenvalue weighted by Gasteiger charge is -2.33. The number of esters is 1. The molecule has 1 aliphatic rings. The lowest BCUT2D eigenvalue weighted by atomic mass is 10.1. The molecular formula is C13H27N3O2. The van der Waals surface area contributed by atoms with Crippen LogP contribution in [0.5, 0.6) is 0 Å². The second-order valence-corrected chi connectivity index (χ2v) is 5.33. The SMILES string of the molecule is COC(=O)C(CCN1CCN(C)CC1)NC(C)C. The van der Waals surface area contributed by atoms with Gasteiger partial charge in [-0.1, -0.05) is 13.8 Å². The fourth-order valence-corrected chi connectivity index (χ4v) is 2.20. The van der Waals surface area contributed by atoms with Crippen LogP contribution in [0, 0.1) is 0 Å². The van der Waals surface area contributed by atoms with E-state index in [0.29, 0.717) is 6.04 Å². The van der Waals surface area contributed by atoms with E-state index in [4.69, 9.17) is 4.74 Å². The molecule has 0 aromatic carbocycles. The molecule has 0 aliphatic carbocycles. The number of rotatable bonds is 6. The molecule has 5 heteroatoms. The molecule has 1 atom stereocenters. The predicted octanol–water partition coefficient (Wildman–Crippen LogP) is 0.164. The molecule has 1 aliphatic heterocycles. The highest BCUT2D eigenvalue weighted by atomic mass is 16.5. The number of hydrogen-bond donors (Lipinski definition) is 1. The summed E-state index contributed by atoms with van der Waals surface area (Å²) in [7, 11) is 3.60. The molecule has 0 aromatic heterocycles. The summed E-state index contributed by atoms with van der Waals surface area (Å²) in [5.41, 5.74) is 0. The van der Waals surface area contributed by atoms with Crippen molar-refractivity contribution in [3.05, 3.63) is 0 Å². The highest BCUT2D eigenvalue weighted by Crippen LogP contribution is 2.04. The molecule has 0 spiro atoms. The molecular weight excluding hydrogens is 230 g/mol. The minimum atomic E-state index is -0.186. The van der Waals surface area contributed by atoms with E-state index in [-0.39, 0.29) is 12.0 Å². The van der Waals surface area contributed by atoms with E-state index in [2.05, 4.69) is 22.2 Å². The number of carbonyl (C=O) groups excluding carboxylic acids is 1. The Morgan fingerprint density at radius 2 is 1.89 bits per heavy atom. The average Bonchev–Trinajstić information content (AvgIpc) is 2.35. The van der Waals surface area contributed by atoms with Gasteiger partial charge in [0.15, 0.2) is 0 Å². The molecule has 106 valence electrons. The zero-order valence-corrected chi connectivity index (χ0v) is 12.1. The zero-order valence-electron chi connectivity index (χ0n) is 12.1. The van der Waals surface area contributed by atoms with Gasteiger partial charge in [-0.05, 0) is 13.5 Å². The maximum atomic E-state index is 11.7. The third-order valence-corrected chi connectivity index (χ3v) is 3.35. The second-order valence-electron chi connectivity index (χ2n) is 5.33. The number of ether oxygens (including phenoxy) is 1. The lowest BCUT2D eigenvalue weighted by molar-refractivity contribution is -0.143. The fourth-order valence-electron chi connectivity index (χ4n) is 2.20. The van der Waals surface area contributed by atoms with Crippen LogP contribution in [0.25, 0.3) is 0 Å². The van der Waals surface area contributed by atoms with Crippen LogP contribution in [0.4, 0.5) is 0 Å². The molecule has 1 fully saturated rings. The molecule has 1 N–H and O–H groups in total. The van der Waals surface area contributed by atoms with Crippen molar-refractivity contribution in [2.75, 3.05) is 46.9 Å². The summed E-state index contributed by atoms with van der Waals surface area (Å²) in [6.07, 6.45) is 0.814. The van der Waals surface area contributed by atoms with Crippen LogP contribution in [0.2, 0.25) is 0 Å². The molecule has 5 nitrogen and oxygen atoms in total. The van der Waals surface area contributed by atoms with Gasteiger partial charge in [-0.25, -0.2) is 0 Å². The van der Waals surface area contributed by atoms with Gasteiger partial charge in [0.25, 0.3) is 0 Å². The normalized spacial score (nSPS) is 20.1. The van der Waals surface area contributed by atoms with Gasteiger partial charge in [0.1, 0.15) is 6.04 Å². The maximum absolute atomic E-state index is 11.7. The molecule has 0 radical (unpaired) electrons. The first-order valence-corrected chi connectivity index (χ1v) is 6.77. The molecule has 1 rings (SSSR count). The molecule has 1 heterocycles. The van der Waals surface area contributed by atoms with Gasteiger partial charge in [0, 0.05) is 38.8 Å². The van der Waals surface area contributed by atoms with Crippen LogP contribution in [-0.2, 0) is 9.53 Å². The second kappa shape index (κ2) is 7.71. The standard InChI is InChI=1S/C13H27N3O2/c1-11(2)14-12(13(17)18-4)5-6-16-9-7-15(3)8-10-16/h11-12,14H,5-10H2,1-4H3. The van der Waals surface area contributed by atoms with E-state index < -0.39 is 0 Å². The number of nitrogens with zero attached hydrogens (tertiary/aromatic N) is 2. The topological polar surface area (TPSA) is 44.8 Å². The van der Waals surface area contributed by atoms with E-state index in [1.54, 1.807) is 0 Å². The zero-order chi connectivity index (χ0) is 13.5. The fraction of sp³-hybridized carbons (Fsp3) is 0.923. The number of piperazine rings is 1. The van der Waals surface area contributed by atoms with Crippen molar-refractivity contribution >= 4 is 5.97 Å².